The number of aromatic nitrogens is 1. The number of carbonyl (C=O) groups is 1. The lowest BCUT2D eigenvalue weighted by atomic mass is 10.2. The Bertz CT molecular complexity index is 592. The largest absolute Gasteiger partial charge is 0.478 e. The highest BCUT2D eigenvalue weighted by molar-refractivity contribution is 5.80. The standard InChI is InChI=1S/C14H13NO3/c16-14(17)13(10-3-4-10)18-11-6-5-9-2-1-7-15-12(9)8-11/h1-2,5-8,10,13H,3-4H2,(H,16,17). The van der Waals surface area contributed by atoms with E-state index in [4.69, 9.17) is 9.84 Å². The first-order chi connectivity index (χ1) is 8.74. The number of nitrogens with zero attached hydrogens (tertiary/aromatic N) is 1. The first kappa shape index (κ1) is 11.0. The summed E-state index contributed by atoms with van der Waals surface area (Å²) in [5.41, 5.74) is 0.815. The first-order valence-corrected chi connectivity index (χ1v) is 5.98. The fourth-order valence-corrected chi connectivity index (χ4v) is 2.01. The zero-order valence-corrected chi connectivity index (χ0v) is 9.74. The van der Waals surface area contributed by atoms with Crippen molar-refractivity contribution in [2.45, 2.75) is 18.9 Å². The van der Waals surface area contributed by atoms with Crippen molar-refractivity contribution in [1.29, 1.82) is 0 Å². The molecular formula is C14H13NO3. The number of fused-ring (bicyclic) bond motifs is 1. The van der Waals surface area contributed by atoms with Crippen LogP contribution in [-0.4, -0.2) is 22.2 Å². The summed E-state index contributed by atoms with van der Waals surface area (Å²) in [5, 5.41) is 10.1. The Balaban J connectivity index is 1.87. The Labute approximate surface area is 104 Å². The van der Waals surface area contributed by atoms with Crippen LogP contribution in [0.4, 0.5) is 0 Å². The molecule has 92 valence electrons. The predicted molar refractivity (Wildman–Crippen MR) is 66.5 cm³/mol. The van der Waals surface area contributed by atoms with Crippen molar-refractivity contribution in [1.82, 2.24) is 4.98 Å². The summed E-state index contributed by atoms with van der Waals surface area (Å²) in [6.45, 7) is 0. The molecule has 1 saturated carbocycles. The molecular weight excluding hydrogens is 230 g/mol. The second kappa shape index (κ2) is 4.29. The van der Waals surface area contributed by atoms with Gasteiger partial charge in [-0.2, -0.15) is 0 Å². The highest BCUT2D eigenvalue weighted by Crippen LogP contribution is 2.35. The quantitative estimate of drug-likeness (QED) is 0.896. The zero-order chi connectivity index (χ0) is 12.5. The molecule has 1 aromatic heterocycles. The van der Waals surface area contributed by atoms with E-state index in [1.54, 1.807) is 18.3 Å². The second-order valence-corrected chi connectivity index (χ2v) is 4.57. The maximum absolute atomic E-state index is 11.1. The molecule has 1 fully saturated rings. The van der Waals surface area contributed by atoms with Crippen LogP contribution in [0.3, 0.4) is 0 Å². The number of benzene rings is 1. The SMILES string of the molecule is O=C(O)C(Oc1ccc2cccnc2c1)C1CC1. The summed E-state index contributed by atoms with van der Waals surface area (Å²) in [4.78, 5) is 15.3. The summed E-state index contributed by atoms with van der Waals surface area (Å²) in [5.74, 6) is -0.166. The van der Waals surface area contributed by atoms with Crippen molar-refractivity contribution in [3.05, 3.63) is 36.5 Å². The monoisotopic (exact) mass is 243 g/mol. The fourth-order valence-electron chi connectivity index (χ4n) is 2.01. The van der Waals surface area contributed by atoms with E-state index in [1.807, 2.05) is 18.2 Å². The van der Waals surface area contributed by atoms with Crippen LogP contribution in [0.15, 0.2) is 36.5 Å². The Morgan fingerprint density at radius 1 is 1.39 bits per heavy atom. The zero-order valence-electron chi connectivity index (χ0n) is 9.74. The van der Waals surface area contributed by atoms with E-state index in [2.05, 4.69) is 4.98 Å². The molecule has 4 nitrogen and oxygen atoms in total. The third kappa shape index (κ3) is 2.14. The summed E-state index contributed by atoms with van der Waals surface area (Å²) >= 11 is 0. The number of carboxylic acids is 1. The molecule has 1 N–H and O–H groups in total. The van der Waals surface area contributed by atoms with E-state index in [9.17, 15) is 4.79 Å². The highest BCUT2D eigenvalue weighted by Gasteiger charge is 2.38. The number of ether oxygens (including phenoxy) is 1. The summed E-state index contributed by atoms with van der Waals surface area (Å²) in [6.07, 6.45) is 2.85. The van der Waals surface area contributed by atoms with Crippen molar-refractivity contribution >= 4 is 16.9 Å². The van der Waals surface area contributed by atoms with Crippen LogP contribution in [0.25, 0.3) is 10.9 Å². The summed E-state index contributed by atoms with van der Waals surface area (Å²) in [7, 11) is 0. The molecule has 3 rings (SSSR count). The van der Waals surface area contributed by atoms with Gasteiger partial charge in [0.2, 0.25) is 0 Å². The number of hydrogen-bond acceptors (Lipinski definition) is 3. The number of hydrogen-bond donors (Lipinski definition) is 1. The molecule has 0 radical (unpaired) electrons. The Hall–Kier alpha value is -2.10. The molecule has 4 heteroatoms. The van der Waals surface area contributed by atoms with Gasteiger partial charge in [0.25, 0.3) is 0 Å². The van der Waals surface area contributed by atoms with Gasteiger partial charge in [-0.3, -0.25) is 4.98 Å². The maximum Gasteiger partial charge on any atom is 0.345 e. The highest BCUT2D eigenvalue weighted by atomic mass is 16.5. The molecule has 1 aliphatic carbocycles. The van der Waals surface area contributed by atoms with Gasteiger partial charge in [0, 0.05) is 23.6 Å². The average molecular weight is 243 g/mol. The van der Waals surface area contributed by atoms with Crippen molar-refractivity contribution in [3.63, 3.8) is 0 Å². The van der Waals surface area contributed by atoms with Gasteiger partial charge in [0.15, 0.2) is 6.10 Å². The molecule has 0 spiro atoms. The molecule has 0 aliphatic heterocycles. The molecule has 1 aliphatic rings. The van der Waals surface area contributed by atoms with Gasteiger partial charge in [-0.1, -0.05) is 6.07 Å². The Morgan fingerprint density at radius 2 is 2.22 bits per heavy atom. The van der Waals surface area contributed by atoms with Crippen molar-refractivity contribution in [2.75, 3.05) is 0 Å². The second-order valence-electron chi connectivity index (χ2n) is 4.57. The fraction of sp³-hybridized carbons (Fsp3) is 0.286. The van der Waals surface area contributed by atoms with Gasteiger partial charge in [-0.25, -0.2) is 4.79 Å². The minimum Gasteiger partial charge on any atom is -0.478 e. The normalized spacial score (nSPS) is 16.4. The molecule has 0 saturated heterocycles. The Kier molecular flexibility index (Phi) is 2.63. The lowest BCUT2D eigenvalue weighted by molar-refractivity contribution is -0.146. The predicted octanol–water partition coefficient (Wildman–Crippen LogP) is 2.48. The van der Waals surface area contributed by atoms with Gasteiger partial charge in [-0.05, 0) is 31.0 Å². The van der Waals surface area contributed by atoms with Gasteiger partial charge in [-0.15, -0.1) is 0 Å². The smallest absolute Gasteiger partial charge is 0.345 e. The van der Waals surface area contributed by atoms with Gasteiger partial charge in [0.1, 0.15) is 5.75 Å². The molecule has 1 atom stereocenters. The van der Waals surface area contributed by atoms with Crippen LogP contribution in [0.1, 0.15) is 12.8 Å². The molecule has 0 amide bonds. The number of carboxylic acid groups (broad SMARTS) is 1. The van der Waals surface area contributed by atoms with Crippen LogP contribution >= 0.6 is 0 Å². The van der Waals surface area contributed by atoms with Gasteiger partial charge < -0.3 is 9.84 Å². The number of aliphatic carboxylic acids is 1. The molecule has 2 aromatic rings. The average Bonchev–Trinajstić information content (AvgIpc) is 3.19. The Morgan fingerprint density at radius 3 is 2.94 bits per heavy atom. The first-order valence-electron chi connectivity index (χ1n) is 5.98. The van der Waals surface area contributed by atoms with Crippen molar-refractivity contribution in [3.8, 4) is 5.75 Å². The van der Waals surface area contributed by atoms with Crippen LogP contribution in [-0.2, 0) is 4.79 Å². The summed E-state index contributed by atoms with van der Waals surface area (Å²) < 4.78 is 5.57. The van der Waals surface area contributed by atoms with E-state index >= 15 is 0 Å². The van der Waals surface area contributed by atoms with Crippen molar-refractivity contribution in [2.24, 2.45) is 5.92 Å². The lowest BCUT2D eigenvalue weighted by Crippen LogP contribution is -2.29. The van der Waals surface area contributed by atoms with E-state index < -0.39 is 12.1 Å². The molecule has 1 heterocycles. The van der Waals surface area contributed by atoms with Gasteiger partial charge >= 0.3 is 5.97 Å². The van der Waals surface area contributed by atoms with Crippen LogP contribution < -0.4 is 4.74 Å². The minimum absolute atomic E-state index is 0.155. The maximum atomic E-state index is 11.1. The topological polar surface area (TPSA) is 59.4 Å². The molecule has 1 aromatic carbocycles. The van der Waals surface area contributed by atoms with E-state index in [1.165, 1.54) is 0 Å². The van der Waals surface area contributed by atoms with Crippen LogP contribution in [0.5, 0.6) is 5.75 Å². The van der Waals surface area contributed by atoms with E-state index in [0.29, 0.717) is 5.75 Å². The number of pyridine rings is 1. The lowest BCUT2D eigenvalue weighted by Gasteiger charge is -2.14. The van der Waals surface area contributed by atoms with Crippen molar-refractivity contribution < 1.29 is 14.6 Å². The van der Waals surface area contributed by atoms with Gasteiger partial charge in [0.05, 0.1) is 5.52 Å². The van der Waals surface area contributed by atoms with E-state index in [0.717, 1.165) is 23.7 Å². The van der Waals surface area contributed by atoms with E-state index in [-0.39, 0.29) is 5.92 Å². The third-order valence-electron chi connectivity index (χ3n) is 3.13. The molecule has 1 unspecified atom stereocenters. The molecule has 0 bridgehead atoms. The molecule has 18 heavy (non-hydrogen) atoms. The third-order valence-corrected chi connectivity index (χ3v) is 3.13. The van der Waals surface area contributed by atoms with Crippen LogP contribution in [0.2, 0.25) is 0 Å². The summed E-state index contributed by atoms with van der Waals surface area (Å²) in [6, 6.07) is 9.30. The minimum atomic E-state index is -0.890. The van der Waals surface area contributed by atoms with Crippen LogP contribution in [0, 0.1) is 5.92 Å². The number of rotatable bonds is 4.